The van der Waals surface area contributed by atoms with E-state index in [0.29, 0.717) is 5.69 Å². The van der Waals surface area contributed by atoms with Crippen LogP contribution < -0.4 is 5.32 Å². The lowest BCUT2D eigenvalue weighted by Gasteiger charge is -2.34. The fraction of sp³-hybridized carbons (Fsp3) is 0.103. The van der Waals surface area contributed by atoms with Crippen molar-refractivity contribution < 1.29 is 14.0 Å². The van der Waals surface area contributed by atoms with Crippen molar-refractivity contribution in [3.8, 4) is 0 Å². The number of anilines is 1. The molecule has 6 heteroatoms. The van der Waals surface area contributed by atoms with Crippen molar-refractivity contribution in [2.45, 2.75) is 12.0 Å². The predicted molar refractivity (Wildman–Crippen MR) is 137 cm³/mol. The van der Waals surface area contributed by atoms with Gasteiger partial charge in [-0.15, -0.1) is 0 Å². The molecule has 5 rings (SSSR count). The fourth-order valence-corrected chi connectivity index (χ4v) is 5.00. The number of halogens is 2. The zero-order valence-corrected chi connectivity index (χ0v) is 20.3. The average Bonchev–Trinajstić information content (AvgIpc) is 3.02. The summed E-state index contributed by atoms with van der Waals surface area (Å²) in [6.45, 7) is -0.136. The molecule has 0 fully saturated rings. The Kier molecular flexibility index (Phi) is 6.47. The van der Waals surface area contributed by atoms with Gasteiger partial charge in [0.1, 0.15) is 12.4 Å². The summed E-state index contributed by atoms with van der Waals surface area (Å²) in [6, 6.07) is 30.2. The molecule has 1 atom stereocenters. The van der Waals surface area contributed by atoms with Crippen molar-refractivity contribution in [1.82, 2.24) is 4.90 Å². The Balaban J connectivity index is 1.69. The summed E-state index contributed by atoms with van der Waals surface area (Å²) in [6.07, 6.45) is 0. The maximum absolute atomic E-state index is 14.4. The molecule has 0 aromatic heterocycles. The molecule has 0 aliphatic carbocycles. The van der Waals surface area contributed by atoms with Gasteiger partial charge in [-0.2, -0.15) is 0 Å². The van der Waals surface area contributed by atoms with E-state index in [2.05, 4.69) is 21.2 Å². The highest BCUT2D eigenvalue weighted by molar-refractivity contribution is 9.10. The minimum absolute atomic E-state index is 0.136. The van der Waals surface area contributed by atoms with Crippen LogP contribution in [-0.2, 0) is 9.59 Å². The highest BCUT2D eigenvalue weighted by Crippen LogP contribution is 2.40. The standard InChI is InChI=1S/C29H22BrFN2O2/c30-22-13-16-25-24(17-22)28(21-11-14-23(31)15-12-21)33(18-26(34)32-25)29(35)27(19-7-3-1-4-8-19)20-9-5-2-6-10-20/h1-17,27-28H,18H2,(H,32,34). The average molecular weight is 529 g/mol. The SMILES string of the molecule is O=C1CN(C(=O)C(c2ccccc2)c2ccccc2)C(c2ccc(F)cc2)c2cc(Br)ccc2N1. The molecule has 0 radical (unpaired) electrons. The van der Waals surface area contributed by atoms with E-state index >= 15 is 0 Å². The van der Waals surface area contributed by atoms with Crippen LogP contribution in [0.3, 0.4) is 0 Å². The molecule has 1 aliphatic rings. The van der Waals surface area contributed by atoms with Crippen LogP contribution in [0.25, 0.3) is 0 Å². The van der Waals surface area contributed by atoms with E-state index in [1.54, 1.807) is 17.0 Å². The molecule has 1 heterocycles. The van der Waals surface area contributed by atoms with E-state index in [1.807, 2.05) is 78.9 Å². The smallest absolute Gasteiger partial charge is 0.244 e. The predicted octanol–water partition coefficient (Wildman–Crippen LogP) is 6.29. The lowest BCUT2D eigenvalue weighted by atomic mass is 9.88. The second-order valence-corrected chi connectivity index (χ2v) is 9.37. The first-order chi connectivity index (χ1) is 17.0. The number of carbonyl (C=O) groups excluding carboxylic acids is 2. The first-order valence-electron chi connectivity index (χ1n) is 11.3. The van der Waals surface area contributed by atoms with E-state index in [-0.39, 0.29) is 24.2 Å². The van der Waals surface area contributed by atoms with E-state index in [0.717, 1.165) is 26.7 Å². The fourth-order valence-electron chi connectivity index (χ4n) is 4.62. The lowest BCUT2D eigenvalue weighted by Crippen LogP contribution is -2.42. The number of rotatable bonds is 4. The van der Waals surface area contributed by atoms with Crippen molar-refractivity contribution in [2.24, 2.45) is 0 Å². The number of carbonyl (C=O) groups is 2. The third kappa shape index (κ3) is 4.75. The topological polar surface area (TPSA) is 49.4 Å². The van der Waals surface area contributed by atoms with Gasteiger partial charge >= 0.3 is 0 Å². The quantitative estimate of drug-likeness (QED) is 0.338. The van der Waals surface area contributed by atoms with Crippen LogP contribution >= 0.6 is 15.9 Å². The number of amides is 2. The summed E-state index contributed by atoms with van der Waals surface area (Å²) in [5.74, 6) is -1.47. The van der Waals surface area contributed by atoms with Crippen molar-refractivity contribution in [3.63, 3.8) is 0 Å². The van der Waals surface area contributed by atoms with Gasteiger partial charge in [-0.05, 0) is 47.0 Å². The van der Waals surface area contributed by atoms with Crippen LogP contribution in [0.4, 0.5) is 10.1 Å². The summed E-state index contributed by atoms with van der Waals surface area (Å²) in [4.78, 5) is 29.0. The molecule has 4 aromatic rings. The molecule has 4 aromatic carbocycles. The molecule has 0 saturated heterocycles. The minimum atomic E-state index is -0.609. The van der Waals surface area contributed by atoms with Gasteiger partial charge in [0.15, 0.2) is 0 Å². The van der Waals surface area contributed by atoms with Crippen LogP contribution in [0.15, 0.2) is 108 Å². The molecule has 0 saturated carbocycles. The number of nitrogens with zero attached hydrogens (tertiary/aromatic N) is 1. The molecule has 2 amide bonds. The Morgan fingerprint density at radius 1 is 0.886 bits per heavy atom. The molecule has 174 valence electrons. The first-order valence-corrected chi connectivity index (χ1v) is 12.1. The molecule has 0 spiro atoms. The molecule has 1 unspecified atom stereocenters. The second-order valence-electron chi connectivity index (χ2n) is 8.45. The van der Waals surface area contributed by atoms with E-state index < -0.39 is 12.0 Å². The number of hydrogen-bond acceptors (Lipinski definition) is 2. The summed E-state index contributed by atoms with van der Waals surface area (Å²) in [7, 11) is 0. The maximum atomic E-state index is 14.4. The van der Waals surface area contributed by atoms with Gasteiger partial charge in [0.2, 0.25) is 11.8 Å². The molecule has 4 nitrogen and oxygen atoms in total. The Hall–Kier alpha value is -3.77. The van der Waals surface area contributed by atoms with Crippen LogP contribution in [0.5, 0.6) is 0 Å². The number of hydrogen-bond donors (Lipinski definition) is 1. The minimum Gasteiger partial charge on any atom is -0.324 e. The largest absolute Gasteiger partial charge is 0.324 e. The maximum Gasteiger partial charge on any atom is 0.244 e. The van der Waals surface area contributed by atoms with Crippen LogP contribution in [0.2, 0.25) is 0 Å². The third-order valence-electron chi connectivity index (χ3n) is 6.19. The Morgan fingerprint density at radius 3 is 2.09 bits per heavy atom. The van der Waals surface area contributed by atoms with Gasteiger partial charge in [0.25, 0.3) is 0 Å². The zero-order chi connectivity index (χ0) is 24.4. The van der Waals surface area contributed by atoms with Crippen molar-refractivity contribution in [1.29, 1.82) is 0 Å². The lowest BCUT2D eigenvalue weighted by molar-refractivity contribution is -0.136. The van der Waals surface area contributed by atoms with E-state index in [9.17, 15) is 14.0 Å². The molecule has 1 aliphatic heterocycles. The monoisotopic (exact) mass is 528 g/mol. The van der Waals surface area contributed by atoms with Gasteiger partial charge in [0, 0.05) is 15.7 Å². The zero-order valence-electron chi connectivity index (χ0n) is 18.7. The van der Waals surface area contributed by atoms with Gasteiger partial charge < -0.3 is 10.2 Å². The second kappa shape index (κ2) is 9.84. The highest BCUT2D eigenvalue weighted by Gasteiger charge is 2.37. The third-order valence-corrected chi connectivity index (χ3v) is 6.68. The Labute approximate surface area is 211 Å². The van der Waals surface area contributed by atoms with Gasteiger partial charge in [0.05, 0.1) is 12.0 Å². The Bertz CT molecular complexity index is 1320. The van der Waals surface area contributed by atoms with Crippen LogP contribution in [0.1, 0.15) is 34.2 Å². The van der Waals surface area contributed by atoms with Gasteiger partial charge in [-0.1, -0.05) is 88.7 Å². The van der Waals surface area contributed by atoms with Crippen molar-refractivity contribution >= 4 is 33.4 Å². The molecule has 35 heavy (non-hydrogen) atoms. The van der Waals surface area contributed by atoms with E-state index in [1.165, 1.54) is 12.1 Å². The normalized spacial score (nSPS) is 15.3. The summed E-state index contributed by atoms with van der Waals surface area (Å²) >= 11 is 3.53. The molecule has 0 bridgehead atoms. The van der Waals surface area contributed by atoms with Gasteiger partial charge in [-0.25, -0.2) is 4.39 Å². The van der Waals surface area contributed by atoms with Crippen molar-refractivity contribution in [3.05, 3.63) is 136 Å². The van der Waals surface area contributed by atoms with Crippen LogP contribution in [0, 0.1) is 5.82 Å². The number of benzene rings is 4. The molecule has 1 N–H and O–H groups in total. The molecular formula is C29H22BrFN2O2. The van der Waals surface area contributed by atoms with Gasteiger partial charge in [-0.3, -0.25) is 9.59 Å². The molecular weight excluding hydrogens is 507 g/mol. The number of fused-ring (bicyclic) bond motifs is 1. The highest BCUT2D eigenvalue weighted by atomic mass is 79.9. The summed E-state index contributed by atoms with van der Waals surface area (Å²) < 4.78 is 14.6. The summed E-state index contributed by atoms with van der Waals surface area (Å²) in [5, 5.41) is 2.94. The van der Waals surface area contributed by atoms with Crippen LogP contribution in [-0.4, -0.2) is 23.3 Å². The number of nitrogens with one attached hydrogen (secondary N) is 1. The Morgan fingerprint density at radius 2 is 1.49 bits per heavy atom. The summed E-state index contributed by atoms with van der Waals surface area (Å²) in [5.41, 5.74) is 3.76. The van der Waals surface area contributed by atoms with E-state index in [4.69, 9.17) is 0 Å². The first kappa shape index (κ1) is 23.0. The van der Waals surface area contributed by atoms with Crippen molar-refractivity contribution in [2.75, 3.05) is 11.9 Å².